The highest BCUT2D eigenvalue weighted by molar-refractivity contribution is 7.89. The number of likely N-dealkylation sites (N-methyl/N-ethyl adjacent to an activating group) is 1. The Balaban J connectivity index is 1.40. The first-order valence-corrected chi connectivity index (χ1v) is 12.6. The van der Waals surface area contributed by atoms with Crippen molar-refractivity contribution in [3.63, 3.8) is 0 Å². The number of carbonyl (C=O) groups excluding carboxylic acids is 2. The second kappa shape index (κ2) is 9.46. The summed E-state index contributed by atoms with van der Waals surface area (Å²) in [5.74, 6) is -0.541. The highest BCUT2D eigenvalue weighted by atomic mass is 32.2. The summed E-state index contributed by atoms with van der Waals surface area (Å²) >= 11 is 0. The smallest absolute Gasteiger partial charge is 0.270 e. The lowest BCUT2D eigenvalue weighted by molar-refractivity contribution is -0.122. The highest BCUT2D eigenvalue weighted by Crippen LogP contribution is 2.29. The lowest BCUT2D eigenvalue weighted by Gasteiger charge is -2.27. The summed E-state index contributed by atoms with van der Waals surface area (Å²) in [6.07, 6.45) is 7.14. The van der Waals surface area contributed by atoms with E-state index < -0.39 is 10.0 Å². The van der Waals surface area contributed by atoms with E-state index in [2.05, 4.69) is 16.4 Å². The fourth-order valence-electron chi connectivity index (χ4n) is 4.53. The molecule has 1 atom stereocenters. The Hall–Kier alpha value is -2.65. The summed E-state index contributed by atoms with van der Waals surface area (Å²) < 4.78 is 27.0. The summed E-state index contributed by atoms with van der Waals surface area (Å²) in [7, 11) is -2.53. The molecule has 32 heavy (non-hydrogen) atoms. The van der Waals surface area contributed by atoms with Gasteiger partial charge in [0.2, 0.25) is 15.9 Å². The van der Waals surface area contributed by atoms with Gasteiger partial charge in [-0.25, -0.2) is 8.42 Å². The molecule has 0 unspecified atom stereocenters. The van der Waals surface area contributed by atoms with Crippen molar-refractivity contribution >= 4 is 21.8 Å². The SMILES string of the molecule is CN(CC(=O)N[C@@H]1CCCc2ccccc21)S(=O)(=O)c1c[nH]c(C(=O)N2CCCCC2)c1. The van der Waals surface area contributed by atoms with Crippen LogP contribution in [-0.2, 0) is 21.2 Å². The molecule has 1 fully saturated rings. The third-order valence-corrected chi connectivity index (χ3v) is 8.09. The number of fused-ring (bicyclic) bond motifs is 1. The number of aromatic amines is 1. The van der Waals surface area contributed by atoms with Gasteiger partial charge in [-0.1, -0.05) is 24.3 Å². The molecular formula is C23H30N4O4S. The van der Waals surface area contributed by atoms with E-state index in [9.17, 15) is 18.0 Å². The molecule has 4 rings (SSSR count). The van der Waals surface area contributed by atoms with Gasteiger partial charge in [0.25, 0.3) is 5.91 Å². The molecule has 1 aromatic heterocycles. The van der Waals surface area contributed by atoms with E-state index in [4.69, 9.17) is 0 Å². The van der Waals surface area contributed by atoms with Crippen molar-refractivity contribution in [2.75, 3.05) is 26.7 Å². The molecule has 1 aromatic carbocycles. The molecule has 9 heteroatoms. The molecular weight excluding hydrogens is 428 g/mol. The van der Waals surface area contributed by atoms with Crippen molar-refractivity contribution in [3.8, 4) is 0 Å². The molecule has 1 saturated heterocycles. The lowest BCUT2D eigenvalue weighted by atomic mass is 9.88. The zero-order valence-corrected chi connectivity index (χ0v) is 19.2. The maximum absolute atomic E-state index is 13.0. The van der Waals surface area contributed by atoms with Gasteiger partial charge in [-0.3, -0.25) is 9.59 Å². The van der Waals surface area contributed by atoms with E-state index in [0.717, 1.165) is 48.4 Å². The number of hydrogen-bond donors (Lipinski definition) is 2. The highest BCUT2D eigenvalue weighted by Gasteiger charge is 2.28. The average molecular weight is 459 g/mol. The molecule has 2 aliphatic rings. The summed E-state index contributed by atoms with van der Waals surface area (Å²) in [6.45, 7) is 1.08. The number of H-pyrrole nitrogens is 1. The number of benzene rings is 1. The maximum Gasteiger partial charge on any atom is 0.270 e. The fraction of sp³-hybridized carbons (Fsp3) is 0.478. The van der Waals surface area contributed by atoms with Crippen LogP contribution in [-0.4, -0.2) is 61.1 Å². The number of nitrogens with one attached hydrogen (secondary N) is 2. The van der Waals surface area contributed by atoms with Crippen LogP contribution in [0.3, 0.4) is 0 Å². The van der Waals surface area contributed by atoms with Crippen LogP contribution in [0, 0.1) is 0 Å². The zero-order valence-electron chi connectivity index (χ0n) is 18.3. The van der Waals surface area contributed by atoms with E-state index in [-0.39, 0.29) is 35.0 Å². The normalized spacial score (nSPS) is 18.9. The molecule has 1 aliphatic heterocycles. The van der Waals surface area contributed by atoms with Gasteiger partial charge in [-0.2, -0.15) is 4.31 Å². The van der Waals surface area contributed by atoms with Crippen molar-refractivity contribution in [1.82, 2.24) is 19.5 Å². The van der Waals surface area contributed by atoms with Gasteiger partial charge in [-0.15, -0.1) is 0 Å². The van der Waals surface area contributed by atoms with Gasteiger partial charge >= 0.3 is 0 Å². The average Bonchev–Trinajstić information content (AvgIpc) is 3.30. The number of likely N-dealkylation sites (tertiary alicyclic amines) is 1. The number of aromatic nitrogens is 1. The van der Waals surface area contributed by atoms with Crippen molar-refractivity contribution in [2.45, 2.75) is 49.5 Å². The van der Waals surface area contributed by atoms with Crippen molar-refractivity contribution in [2.24, 2.45) is 0 Å². The van der Waals surface area contributed by atoms with Crippen LogP contribution < -0.4 is 5.32 Å². The van der Waals surface area contributed by atoms with Crippen molar-refractivity contribution < 1.29 is 18.0 Å². The Kier molecular flexibility index (Phi) is 6.66. The summed E-state index contributed by atoms with van der Waals surface area (Å²) in [5, 5.41) is 2.98. The van der Waals surface area contributed by atoms with Gasteiger partial charge in [0.1, 0.15) is 10.6 Å². The molecule has 0 radical (unpaired) electrons. The predicted octanol–water partition coefficient (Wildman–Crippen LogP) is 2.46. The summed E-state index contributed by atoms with van der Waals surface area (Å²) in [5.41, 5.74) is 2.58. The number of hydrogen-bond acceptors (Lipinski definition) is 4. The van der Waals surface area contributed by atoms with E-state index >= 15 is 0 Å². The van der Waals surface area contributed by atoms with Crippen LogP contribution in [0.5, 0.6) is 0 Å². The molecule has 0 spiro atoms. The van der Waals surface area contributed by atoms with Crippen LogP contribution in [0.15, 0.2) is 41.4 Å². The minimum Gasteiger partial charge on any atom is -0.356 e. The van der Waals surface area contributed by atoms with Crippen LogP contribution in [0.4, 0.5) is 0 Å². The molecule has 2 heterocycles. The molecule has 0 bridgehead atoms. The zero-order chi connectivity index (χ0) is 22.7. The first-order valence-electron chi connectivity index (χ1n) is 11.2. The number of sulfonamides is 1. The second-order valence-electron chi connectivity index (χ2n) is 8.57. The molecule has 2 aromatic rings. The minimum absolute atomic E-state index is 0.0174. The maximum atomic E-state index is 13.0. The van der Waals surface area contributed by atoms with Gasteiger partial charge in [0, 0.05) is 26.3 Å². The molecule has 2 amide bonds. The molecule has 2 N–H and O–H groups in total. The summed E-state index contributed by atoms with van der Waals surface area (Å²) in [4.78, 5) is 29.8. The number of amides is 2. The Morgan fingerprint density at radius 2 is 1.91 bits per heavy atom. The number of carbonyl (C=O) groups is 2. The third-order valence-electron chi connectivity index (χ3n) is 6.31. The third kappa shape index (κ3) is 4.73. The lowest BCUT2D eigenvalue weighted by Crippen LogP contribution is -2.40. The standard InChI is InChI=1S/C23H30N4O4S/c1-26(16-22(28)25-20-11-7-9-17-8-3-4-10-19(17)20)32(30,31)18-14-21(24-15-18)23(29)27-12-5-2-6-13-27/h3-4,8,10,14-15,20,24H,2,5-7,9,11-13,16H2,1H3,(H,25,28)/t20-/m1/s1. The quantitative estimate of drug-likeness (QED) is 0.694. The number of aryl methyl sites for hydroxylation is 1. The van der Waals surface area contributed by atoms with E-state index in [1.165, 1.54) is 24.9 Å². The fourth-order valence-corrected chi connectivity index (χ4v) is 5.65. The Bertz CT molecular complexity index is 1090. The van der Waals surface area contributed by atoms with E-state index in [1.807, 2.05) is 18.2 Å². The van der Waals surface area contributed by atoms with Gasteiger partial charge in [0.15, 0.2) is 0 Å². The molecule has 1 aliphatic carbocycles. The van der Waals surface area contributed by atoms with E-state index in [1.54, 1.807) is 4.90 Å². The topological polar surface area (TPSA) is 103 Å². The van der Waals surface area contributed by atoms with Gasteiger partial charge in [0.05, 0.1) is 12.6 Å². The van der Waals surface area contributed by atoms with Crippen LogP contribution in [0.2, 0.25) is 0 Å². The van der Waals surface area contributed by atoms with Gasteiger partial charge in [-0.05, 0) is 55.7 Å². The predicted molar refractivity (Wildman–Crippen MR) is 121 cm³/mol. The number of rotatable bonds is 6. The van der Waals surface area contributed by atoms with E-state index in [0.29, 0.717) is 13.1 Å². The first kappa shape index (κ1) is 22.5. The molecule has 172 valence electrons. The Morgan fingerprint density at radius 3 is 2.69 bits per heavy atom. The molecule has 0 saturated carbocycles. The van der Waals surface area contributed by atoms with Crippen molar-refractivity contribution in [1.29, 1.82) is 0 Å². The Labute approximate surface area is 189 Å². The van der Waals surface area contributed by atoms with Crippen LogP contribution in [0.1, 0.15) is 59.8 Å². The minimum atomic E-state index is -3.91. The second-order valence-corrected chi connectivity index (χ2v) is 10.6. The largest absolute Gasteiger partial charge is 0.356 e. The van der Waals surface area contributed by atoms with Crippen molar-refractivity contribution in [3.05, 3.63) is 53.3 Å². The monoisotopic (exact) mass is 458 g/mol. The van der Waals surface area contributed by atoms with Crippen LogP contribution in [0.25, 0.3) is 0 Å². The van der Waals surface area contributed by atoms with Crippen LogP contribution >= 0.6 is 0 Å². The summed E-state index contributed by atoms with van der Waals surface area (Å²) in [6, 6.07) is 9.28. The first-order chi connectivity index (χ1) is 15.4. The molecule has 8 nitrogen and oxygen atoms in total. The number of nitrogens with zero attached hydrogens (tertiary/aromatic N) is 2. The Morgan fingerprint density at radius 1 is 1.16 bits per heavy atom. The number of piperidine rings is 1. The van der Waals surface area contributed by atoms with Gasteiger partial charge < -0.3 is 15.2 Å².